The minimum absolute atomic E-state index is 0.210. The molecule has 2 N–H and O–H groups in total. The van der Waals surface area contributed by atoms with E-state index in [2.05, 4.69) is 21.9 Å². The van der Waals surface area contributed by atoms with Gasteiger partial charge in [-0.25, -0.2) is 4.98 Å². The van der Waals surface area contributed by atoms with Crippen molar-refractivity contribution in [3.63, 3.8) is 0 Å². The van der Waals surface area contributed by atoms with E-state index in [1.54, 1.807) is 18.4 Å². The van der Waals surface area contributed by atoms with E-state index in [9.17, 15) is 10.2 Å². The summed E-state index contributed by atoms with van der Waals surface area (Å²) in [5, 5.41) is 23.9. The zero-order valence-corrected chi connectivity index (χ0v) is 17.2. The van der Waals surface area contributed by atoms with Crippen molar-refractivity contribution in [3.05, 3.63) is 45.9 Å². The highest BCUT2D eigenvalue weighted by Gasteiger charge is 2.36. The highest BCUT2D eigenvalue weighted by Crippen LogP contribution is 2.34. The molecule has 2 aliphatic heterocycles. The van der Waals surface area contributed by atoms with Crippen molar-refractivity contribution in [3.8, 4) is 5.75 Å². The van der Waals surface area contributed by atoms with Crippen molar-refractivity contribution >= 4 is 11.3 Å². The summed E-state index contributed by atoms with van der Waals surface area (Å²) < 4.78 is 5.22. The van der Waals surface area contributed by atoms with E-state index >= 15 is 0 Å². The summed E-state index contributed by atoms with van der Waals surface area (Å²) in [6, 6.07) is 8.18. The number of benzene rings is 1. The highest BCUT2D eigenvalue weighted by molar-refractivity contribution is 7.09. The van der Waals surface area contributed by atoms with Crippen molar-refractivity contribution in [1.82, 2.24) is 14.8 Å². The molecule has 0 amide bonds. The van der Waals surface area contributed by atoms with Gasteiger partial charge < -0.3 is 14.9 Å². The van der Waals surface area contributed by atoms with Crippen LogP contribution in [0.1, 0.15) is 35.5 Å². The third-order valence-electron chi connectivity index (χ3n) is 5.88. The average Bonchev–Trinajstić information content (AvgIpc) is 3.34. The topological polar surface area (TPSA) is 69.1 Å². The van der Waals surface area contributed by atoms with Crippen molar-refractivity contribution in [2.75, 3.05) is 33.3 Å². The summed E-state index contributed by atoms with van der Waals surface area (Å²) >= 11 is 1.62. The molecule has 28 heavy (non-hydrogen) atoms. The van der Waals surface area contributed by atoms with Gasteiger partial charge in [0.2, 0.25) is 0 Å². The van der Waals surface area contributed by atoms with E-state index in [1.165, 1.54) is 5.56 Å². The zero-order chi connectivity index (χ0) is 19.6. The molecule has 2 aliphatic rings. The Balaban J connectivity index is 1.31. The first-order valence-electron chi connectivity index (χ1n) is 9.97. The standard InChI is InChI=1S/C21H29N3O3S/c1-27-18-4-2-16(3-5-18)12-23-10-7-21(26,8-11-23)19-15-28-20(22-19)14-24-9-6-17(25)13-24/h2-5,15,17,25-26H,6-14H2,1H3. The van der Waals surface area contributed by atoms with Crippen LogP contribution in [0.4, 0.5) is 0 Å². The Hall–Kier alpha value is -1.51. The molecular weight excluding hydrogens is 374 g/mol. The summed E-state index contributed by atoms with van der Waals surface area (Å²) in [4.78, 5) is 9.35. The van der Waals surface area contributed by atoms with E-state index in [0.29, 0.717) is 12.8 Å². The maximum atomic E-state index is 11.2. The maximum absolute atomic E-state index is 11.2. The van der Waals surface area contributed by atoms with E-state index in [-0.39, 0.29) is 6.10 Å². The van der Waals surface area contributed by atoms with Gasteiger partial charge in [-0.1, -0.05) is 12.1 Å². The first-order valence-corrected chi connectivity index (χ1v) is 10.8. The lowest BCUT2D eigenvalue weighted by atomic mass is 9.88. The van der Waals surface area contributed by atoms with Crippen LogP contribution in [-0.4, -0.2) is 64.4 Å². The summed E-state index contributed by atoms with van der Waals surface area (Å²) in [7, 11) is 1.68. The normalized spacial score (nSPS) is 23.2. The Morgan fingerprint density at radius 3 is 2.54 bits per heavy atom. The highest BCUT2D eigenvalue weighted by atomic mass is 32.1. The quantitative estimate of drug-likeness (QED) is 0.771. The number of methoxy groups -OCH3 is 1. The van der Waals surface area contributed by atoms with Crippen molar-refractivity contribution in [2.24, 2.45) is 0 Å². The fraction of sp³-hybridized carbons (Fsp3) is 0.571. The molecule has 0 spiro atoms. The van der Waals surface area contributed by atoms with Gasteiger partial charge in [0.05, 0.1) is 25.5 Å². The molecule has 2 aromatic rings. The van der Waals surface area contributed by atoms with Crippen LogP contribution in [0.25, 0.3) is 0 Å². The van der Waals surface area contributed by atoms with Crippen LogP contribution in [0.2, 0.25) is 0 Å². The second-order valence-electron chi connectivity index (χ2n) is 7.96. The molecule has 0 saturated carbocycles. The van der Waals surface area contributed by atoms with Gasteiger partial charge in [0, 0.05) is 38.1 Å². The van der Waals surface area contributed by atoms with Gasteiger partial charge in [-0.15, -0.1) is 11.3 Å². The lowest BCUT2D eigenvalue weighted by Gasteiger charge is -2.37. The number of aromatic nitrogens is 1. The Labute approximate surface area is 170 Å². The van der Waals surface area contributed by atoms with E-state index in [1.807, 2.05) is 17.5 Å². The van der Waals surface area contributed by atoms with Gasteiger partial charge in [0.15, 0.2) is 0 Å². The third-order valence-corrected chi connectivity index (χ3v) is 6.72. The second-order valence-corrected chi connectivity index (χ2v) is 8.90. The molecule has 7 heteroatoms. The van der Waals surface area contributed by atoms with Gasteiger partial charge in [-0.3, -0.25) is 9.80 Å². The number of piperidine rings is 1. The SMILES string of the molecule is COc1ccc(CN2CCC(O)(c3csc(CN4CCC(O)C4)n3)CC2)cc1. The average molecular weight is 404 g/mol. The van der Waals surface area contributed by atoms with Gasteiger partial charge >= 0.3 is 0 Å². The predicted octanol–water partition coefficient (Wildman–Crippen LogP) is 2.20. The van der Waals surface area contributed by atoms with E-state index < -0.39 is 5.60 Å². The molecule has 3 heterocycles. The second kappa shape index (κ2) is 8.47. The Bertz CT molecular complexity index is 771. The molecule has 6 nitrogen and oxygen atoms in total. The van der Waals surface area contributed by atoms with Crippen molar-refractivity contribution in [2.45, 2.75) is 44.1 Å². The molecular formula is C21H29N3O3S. The number of likely N-dealkylation sites (tertiary alicyclic amines) is 2. The summed E-state index contributed by atoms with van der Waals surface area (Å²) in [5.41, 5.74) is 1.25. The molecule has 0 bridgehead atoms. The smallest absolute Gasteiger partial charge is 0.118 e. The predicted molar refractivity (Wildman–Crippen MR) is 109 cm³/mol. The van der Waals surface area contributed by atoms with Crippen LogP contribution in [0.3, 0.4) is 0 Å². The molecule has 1 unspecified atom stereocenters. The summed E-state index contributed by atoms with van der Waals surface area (Å²) in [6.07, 6.45) is 2.04. The van der Waals surface area contributed by atoms with Crippen molar-refractivity contribution < 1.29 is 14.9 Å². The summed E-state index contributed by atoms with van der Waals surface area (Å²) in [6.45, 7) is 5.00. The Kier molecular flexibility index (Phi) is 5.99. The minimum Gasteiger partial charge on any atom is -0.497 e. The molecule has 4 rings (SSSR count). The molecule has 1 atom stereocenters. The Morgan fingerprint density at radius 1 is 1.14 bits per heavy atom. The van der Waals surface area contributed by atoms with Crippen molar-refractivity contribution in [1.29, 1.82) is 0 Å². The third kappa shape index (κ3) is 4.55. The minimum atomic E-state index is -0.824. The number of β-amino-alcohol motifs (C(OH)–C–C–N with tert-alkyl or cyclic N) is 1. The van der Waals surface area contributed by atoms with Crippen LogP contribution in [0.5, 0.6) is 5.75 Å². The van der Waals surface area contributed by atoms with Crippen LogP contribution in [0.15, 0.2) is 29.6 Å². The Morgan fingerprint density at radius 2 is 1.89 bits per heavy atom. The zero-order valence-electron chi connectivity index (χ0n) is 16.4. The number of ether oxygens (including phenoxy) is 1. The molecule has 2 fully saturated rings. The van der Waals surface area contributed by atoms with Crippen LogP contribution in [0, 0.1) is 0 Å². The van der Waals surface area contributed by atoms with Crippen LogP contribution >= 0.6 is 11.3 Å². The molecule has 0 radical (unpaired) electrons. The molecule has 0 aliphatic carbocycles. The van der Waals surface area contributed by atoms with Gasteiger partial charge in [0.25, 0.3) is 0 Å². The van der Waals surface area contributed by atoms with Crippen LogP contribution in [-0.2, 0) is 18.7 Å². The van der Waals surface area contributed by atoms with Crippen LogP contribution < -0.4 is 4.74 Å². The summed E-state index contributed by atoms with van der Waals surface area (Å²) in [5.74, 6) is 0.875. The fourth-order valence-electron chi connectivity index (χ4n) is 4.07. The number of rotatable bonds is 6. The number of thiazole rings is 1. The molecule has 1 aromatic carbocycles. The number of nitrogens with zero attached hydrogens (tertiary/aromatic N) is 3. The molecule has 1 aromatic heterocycles. The maximum Gasteiger partial charge on any atom is 0.118 e. The number of hydrogen-bond donors (Lipinski definition) is 2. The lowest BCUT2D eigenvalue weighted by molar-refractivity contribution is -0.0308. The van der Waals surface area contributed by atoms with E-state index in [0.717, 1.165) is 62.1 Å². The number of aliphatic hydroxyl groups excluding tert-OH is 1. The number of aliphatic hydroxyl groups is 2. The monoisotopic (exact) mass is 403 g/mol. The van der Waals surface area contributed by atoms with E-state index in [4.69, 9.17) is 9.72 Å². The lowest BCUT2D eigenvalue weighted by Crippen LogP contribution is -2.42. The molecule has 152 valence electrons. The first kappa shape index (κ1) is 19.8. The fourth-order valence-corrected chi connectivity index (χ4v) is 5.00. The van der Waals surface area contributed by atoms with Gasteiger partial charge in [-0.05, 0) is 37.0 Å². The first-order chi connectivity index (χ1) is 13.5. The molecule has 2 saturated heterocycles. The largest absolute Gasteiger partial charge is 0.497 e. The van der Waals surface area contributed by atoms with Gasteiger partial charge in [0.1, 0.15) is 16.4 Å². The van der Waals surface area contributed by atoms with Gasteiger partial charge in [-0.2, -0.15) is 0 Å². The number of hydrogen-bond acceptors (Lipinski definition) is 7.